The minimum atomic E-state index is -2.13. The van der Waals surface area contributed by atoms with E-state index in [1.54, 1.807) is 0 Å². The van der Waals surface area contributed by atoms with Crippen LogP contribution in [0.3, 0.4) is 0 Å². The SMILES string of the molecule is CN1CC[N+]23CCN(C)P12(Br)N(C)CC3.[Br-]. The molecule has 16 heavy (non-hydrogen) atoms. The number of quaternary nitrogens is 1. The smallest absolute Gasteiger partial charge is 1.00 e. The standard InChI is InChI=1S/C9H21BrN4P.BrH/c1-11-4-7-14-8-5-12(2)15(11,14,10)13(3)6-9-14;/h4-9H2,1-3H3;1H/q+1;/p-1. The van der Waals surface area contributed by atoms with E-state index in [4.69, 9.17) is 0 Å². The maximum Gasteiger partial charge on any atom is -1.00 e. The molecule has 3 aliphatic heterocycles. The Kier molecular flexibility index (Phi) is 3.09. The molecule has 3 saturated heterocycles. The Labute approximate surface area is 117 Å². The van der Waals surface area contributed by atoms with Crippen LogP contribution in [-0.2, 0) is 0 Å². The van der Waals surface area contributed by atoms with E-state index in [2.05, 4.69) is 50.6 Å². The Morgan fingerprint density at radius 3 is 1.44 bits per heavy atom. The maximum atomic E-state index is 4.27. The zero-order chi connectivity index (χ0) is 10.9. The average Bonchev–Trinajstić information content (AvgIpc) is 2.68. The summed E-state index contributed by atoms with van der Waals surface area (Å²) >= 11 is 4.27. The van der Waals surface area contributed by atoms with Crippen LogP contribution in [0.15, 0.2) is 0 Å². The number of hydrogen-bond donors (Lipinski definition) is 0. The Bertz CT molecular complexity index is 285. The molecule has 0 saturated carbocycles. The molecule has 0 radical (unpaired) electrons. The molecule has 0 aromatic heterocycles. The Morgan fingerprint density at radius 2 is 1.19 bits per heavy atom. The fraction of sp³-hybridized carbons (Fsp3) is 1.00. The van der Waals surface area contributed by atoms with Crippen LogP contribution in [0.2, 0.25) is 0 Å². The van der Waals surface area contributed by atoms with E-state index in [0.717, 1.165) is 0 Å². The summed E-state index contributed by atoms with van der Waals surface area (Å²) in [5, 5.41) is 0. The van der Waals surface area contributed by atoms with E-state index in [1.807, 2.05) is 0 Å². The second-order valence-corrected chi connectivity index (χ2v) is 13.6. The summed E-state index contributed by atoms with van der Waals surface area (Å²) in [6.07, 6.45) is 0. The van der Waals surface area contributed by atoms with Crippen molar-refractivity contribution in [3.05, 3.63) is 0 Å². The number of likely N-dealkylation sites (N-methyl/N-ethyl adjacent to an activating group) is 3. The second-order valence-electron chi connectivity index (χ2n) is 5.25. The number of hydrogen-bond acceptors (Lipinski definition) is 3. The predicted octanol–water partition coefficient (Wildman–Crippen LogP) is -1.83. The molecular formula is C9H21Br2N4P. The molecule has 0 bridgehead atoms. The van der Waals surface area contributed by atoms with Gasteiger partial charge in [-0.25, -0.2) is 0 Å². The molecule has 0 aromatic carbocycles. The molecule has 3 fully saturated rings. The van der Waals surface area contributed by atoms with Crippen LogP contribution in [-0.4, -0.2) is 78.7 Å². The number of nitrogens with zero attached hydrogens (tertiary/aromatic N) is 4. The van der Waals surface area contributed by atoms with Crippen LogP contribution in [0.5, 0.6) is 0 Å². The second kappa shape index (κ2) is 3.62. The Morgan fingerprint density at radius 1 is 0.875 bits per heavy atom. The average molecular weight is 376 g/mol. The zero-order valence-electron chi connectivity index (χ0n) is 10.2. The van der Waals surface area contributed by atoms with Gasteiger partial charge in [-0.15, -0.1) is 0 Å². The molecule has 3 aliphatic rings. The zero-order valence-corrected chi connectivity index (χ0v) is 14.3. The van der Waals surface area contributed by atoms with Gasteiger partial charge in [-0.1, -0.05) is 0 Å². The monoisotopic (exact) mass is 374 g/mol. The molecule has 0 unspecified atom stereocenters. The van der Waals surface area contributed by atoms with Crippen molar-refractivity contribution in [3.8, 4) is 0 Å². The minimum absolute atomic E-state index is 0. The minimum Gasteiger partial charge on any atom is -1.00 e. The van der Waals surface area contributed by atoms with Crippen molar-refractivity contribution < 1.29 is 21.2 Å². The summed E-state index contributed by atoms with van der Waals surface area (Å²) in [4.78, 5) is 0. The number of halogens is 2. The first kappa shape index (κ1) is 13.7. The summed E-state index contributed by atoms with van der Waals surface area (Å²) in [5.41, 5.74) is 0. The van der Waals surface area contributed by atoms with Crippen molar-refractivity contribution in [2.45, 2.75) is 0 Å². The molecule has 0 aromatic rings. The molecular weight excluding hydrogens is 355 g/mol. The fourth-order valence-electron chi connectivity index (χ4n) is 4.11. The first-order valence-electron chi connectivity index (χ1n) is 5.71. The van der Waals surface area contributed by atoms with E-state index in [0.29, 0.717) is 0 Å². The van der Waals surface area contributed by atoms with Crippen molar-refractivity contribution in [2.75, 3.05) is 60.4 Å². The van der Waals surface area contributed by atoms with Crippen LogP contribution in [0.4, 0.5) is 0 Å². The molecule has 3 rings (SSSR count). The third-order valence-corrected chi connectivity index (χ3v) is 18.1. The van der Waals surface area contributed by atoms with Gasteiger partial charge in [0.25, 0.3) is 0 Å². The topological polar surface area (TPSA) is 9.72 Å². The van der Waals surface area contributed by atoms with E-state index < -0.39 is 5.91 Å². The van der Waals surface area contributed by atoms with Gasteiger partial charge in [-0.2, -0.15) is 0 Å². The summed E-state index contributed by atoms with van der Waals surface area (Å²) in [6, 6.07) is 0. The van der Waals surface area contributed by atoms with Crippen LogP contribution in [0.25, 0.3) is 0 Å². The molecule has 4 nitrogen and oxygen atoms in total. The van der Waals surface area contributed by atoms with E-state index in [-0.39, 0.29) is 17.0 Å². The summed E-state index contributed by atoms with van der Waals surface area (Å²) in [5.74, 6) is -2.13. The van der Waals surface area contributed by atoms with Gasteiger partial charge in [0.15, 0.2) is 0 Å². The molecule has 96 valence electrons. The maximum absolute atomic E-state index is 4.27. The Balaban J connectivity index is 0.000000963. The molecule has 7 heteroatoms. The predicted molar refractivity (Wildman–Crippen MR) is 68.6 cm³/mol. The van der Waals surface area contributed by atoms with Crippen molar-refractivity contribution in [1.29, 1.82) is 0 Å². The summed E-state index contributed by atoms with van der Waals surface area (Å²) < 4.78 is 9.16. The van der Waals surface area contributed by atoms with Gasteiger partial charge in [0.2, 0.25) is 0 Å². The van der Waals surface area contributed by atoms with E-state index >= 15 is 0 Å². The van der Waals surface area contributed by atoms with Crippen LogP contribution < -0.4 is 17.0 Å². The van der Waals surface area contributed by atoms with Gasteiger partial charge < -0.3 is 17.0 Å². The van der Waals surface area contributed by atoms with E-state index in [9.17, 15) is 0 Å². The quantitative estimate of drug-likeness (QED) is 0.461. The van der Waals surface area contributed by atoms with Crippen molar-refractivity contribution in [1.82, 2.24) is 14.0 Å². The third-order valence-electron chi connectivity index (χ3n) is 5.01. The first-order valence-corrected chi connectivity index (χ1v) is 9.77. The summed E-state index contributed by atoms with van der Waals surface area (Å²) in [6.45, 7) is 7.68. The van der Waals surface area contributed by atoms with Crippen molar-refractivity contribution in [3.63, 3.8) is 0 Å². The van der Waals surface area contributed by atoms with Gasteiger partial charge in [0, 0.05) is 0 Å². The van der Waals surface area contributed by atoms with Gasteiger partial charge in [0.1, 0.15) is 0 Å². The normalized spacial score (nSPS) is 44.4. The molecule has 0 atom stereocenters. The first-order chi connectivity index (χ1) is 6.96. The van der Waals surface area contributed by atoms with Crippen LogP contribution in [0.1, 0.15) is 0 Å². The number of rotatable bonds is 0. The molecule has 0 aliphatic carbocycles. The molecule has 0 spiro atoms. The fourth-order valence-corrected chi connectivity index (χ4v) is 13.1. The largest absolute Gasteiger partial charge is 1.00 e. The molecule has 3 heterocycles. The van der Waals surface area contributed by atoms with Gasteiger partial charge in [0.05, 0.1) is 0 Å². The van der Waals surface area contributed by atoms with Gasteiger partial charge in [-0.05, 0) is 0 Å². The van der Waals surface area contributed by atoms with Crippen LogP contribution in [0, 0.1) is 0 Å². The van der Waals surface area contributed by atoms with E-state index in [1.165, 1.54) is 43.5 Å². The molecule has 0 N–H and O–H groups in total. The third kappa shape index (κ3) is 1.01. The van der Waals surface area contributed by atoms with Crippen molar-refractivity contribution >= 4 is 21.4 Å². The van der Waals surface area contributed by atoms with Gasteiger partial charge >= 0.3 is 100 Å². The van der Waals surface area contributed by atoms with Crippen molar-refractivity contribution in [2.24, 2.45) is 0 Å². The Hall–Kier alpha value is 1.23. The molecule has 0 amide bonds. The van der Waals surface area contributed by atoms with Gasteiger partial charge in [-0.3, -0.25) is 0 Å². The summed E-state index contributed by atoms with van der Waals surface area (Å²) in [7, 11) is 6.91. The van der Waals surface area contributed by atoms with Crippen LogP contribution >= 0.6 is 21.4 Å².